The molecule has 26 heavy (non-hydrogen) atoms. The lowest BCUT2D eigenvalue weighted by atomic mass is 10.0. The summed E-state index contributed by atoms with van der Waals surface area (Å²) < 4.78 is 5.79. The van der Waals surface area contributed by atoms with Crippen LogP contribution in [0.5, 0.6) is 5.75 Å². The summed E-state index contributed by atoms with van der Waals surface area (Å²) in [6.07, 6.45) is 2.20. The molecular weight excluding hydrogens is 352 g/mol. The number of hydrogen-bond donors (Lipinski definition) is 2. The van der Waals surface area contributed by atoms with E-state index in [4.69, 9.17) is 4.74 Å². The number of amides is 2. The van der Waals surface area contributed by atoms with E-state index < -0.39 is 0 Å². The van der Waals surface area contributed by atoms with Crippen molar-refractivity contribution in [3.63, 3.8) is 0 Å². The molecule has 7 heteroatoms. The number of thioether (sulfide) groups is 1. The maximum Gasteiger partial charge on any atom is 0.286 e. The van der Waals surface area contributed by atoms with Gasteiger partial charge in [-0.05, 0) is 42.7 Å². The molecule has 0 spiro atoms. The molecule has 0 saturated carbocycles. The summed E-state index contributed by atoms with van der Waals surface area (Å²) in [5.41, 5.74) is 2.81. The second-order valence-electron chi connectivity index (χ2n) is 6.13. The van der Waals surface area contributed by atoms with E-state index in [0.29, 0.717) is 18.8 Å². The summed E-state index contributed by atoms with van der Waals surface area (Å²) >= 11 is 1.02. The minimum atomic E-state index is -0.375. The van der Waals surface area contributed by atoms with Crippen LogP contribution in [0.4, 0.5) is 4.79 Å². The van der Waals surface area contributed by atoms with Gasteiger partial charge in [-0.15, -0.1) is 0 Å². The van der Waals surface area contributed by atoms with Gasteiger partial charge in [0.05, 0.1) is 30.1 Å². The molecule has 136 valence electrons. The third kappa shape index (κ3) is 4.42. The zero-order chi connectivity index (χ0) is 18.5. The number of imide groups is 1. The molecule has 2 aromatic rings. The van der Waals surface area contributed by atoms with Gasteiger partial charge in [0.25, 0.3) is 5.24 Å². The lowest BCUT2D eigenvalue weighted by Crippen LogP contribution is -2.25. The summed E-state index contributed by atoms with van der Waals surface area (Å²) in [4.78, 5) is 27.2. The van der Waals surface area contributed by atoms with Crippen molar-refractivity contribution in [3.8, 4) is 5.75 Å². The first-order chi connectivity index (χ1) is 12.6. The molecular formula is C19H20N2O4S. The zero-order valence-corrected chi connectivity index (χ0v) is 15.2. The normalized spacial score (nSPS) is 17.8. The Morgan fingerprint density at radius 1 is 1.27 bits per heavy atom. The van der Waals surface area contributed by atoms with Crippen molar-refractivity contribution in [1.82, 2.24) is 10.3 Å². The number of rotatable bonds is 7. The highest BCUT2D eigenvalue weighted by atomic mass is 32.2. The van der Waals surface area contributed by atoms with Crippen LogP contribution in [0.25, 0.3) is 0 Å². The predicted octanol–water partition coefficient (Wildman–Crippen LogP) is 2.44. The highest BCUT2D eigenvalue weighted by Gasteiger charge is 2.31. The zero-order valence-electron chi connectivity index (χ0n) is 14.3. The van der Waals surface area contributed by atoms with Crippen LogP contribution < -0.4 is 10.1 Å². The van der Waals surface area contributed by atoms with Gasteiger partial charge in [0.15, 0.2) is 0 Å². The van der Waals surface area contributed by atoms with E-state index in [2.05, 4.69) is 10.3 Å². The molecule has 2 atom stereocenters. The first-order valence-corrected chi connectivity index (χ1v) is 9.20. The summed E-state index contributed by atoms with van der Waals surface area (Å²) in [6, 6.07) is 11.2. The van der Waals surface area contributed by atoms with Gasteiger partial charge in [0.2, 0.25) is 5.91 Å². The lowest BCUT2D eigenvalue weighted by Gasteiger charge is -2.17. The molecule has 0 bridgehead atoms. The first kappa shape index (κ1) is 18.4. The number of carbonyl (C=O) groups excluding carboxylic acids is 2. The lowest BCUT2D eigenvalue weighted by molar-refractivity contribution is -0.118. The van der Waals surface area contributed by atoms with Crippen LogP contribution in [0.1, 0.15) is 22.7 Å². The van der Waals surface area contributed by atoms with Gasteiger partial charge in [-0.25, -0.2) is 0 Å². The van der Waals surface area contributed by atoms with Gasteiger partial charge in [0.1, 0.15) is 5.75 Å². The second kappa shape index (κ2) is 8.33. The fraction of sp³-hybridized carbons (Fsp3) is 0.316. The monoisotopic (exact) mass is 372 g/mol. The van der Waals surface area contributed by atoms with Crippen LogP contribution in [-0.2, 0) is 11.2 Å². The van der Waals surface area contributed by atoms with Gasteiger partial charge in [-0.3, -0.25) is 19.9 Å². The van der Waals surface area contributed by atoms with Crippen molar-refractivity contribution in [3.05, 3.63) is 59.4 Å². The van der Waals surface area contributed by atoms with E-state index in [-0.39, 0.29) is 28.9 Å². The number of nitrogens with zero attached hydrogens (tertiary/aromatic N) is 1. The summed E-state index contributed by atoms with van der Waals surface area (Å²) in [5.74, 6) is 0.248. The molecule has 1 fully saturated rings. The minimum Gasteiger partial charge on any atom is -0.493 e. The van der Waals surface area contributed by atoms with Gasteiger partial charge >= 0.3 is 0 Å². The van der Waals surface area contributed by atoms with Crippen LogP contribution in [0.2, 0.25) is 0 Å². The third-order valence-corrected chi connectivity index (χ3v) is 5.20. The predicted molar refractivity (Wildman–Crippen MR) is 99.4 cm³/mol. The van der Waals surface area contributed by atoms with Crippen molar-refractivity contribution in [2.45, 2.75) is 24.5 Å². The molecule has 2 heterocycles. The number of aliphatic hydroxyl groups is 1. The number of carbonyl (C=O) groups is 2. The molecule has 1 aromatic carbocycles. The Morgan fingerprint density at radius 2 is 2.04 bits per heavy atom. The SMILES string of the molecule is Cc1cccnc1C(CO)COc1ccc(CC2SC(=O)NC2=O)cc1. The molecule has 0 aliphatic carbocycles. The number of aliphatic hydroxyl groups excluding tert-OH is 1. The summed E-state index contributed by atoms with van der Waals surface area (Å²) in [7, 11) is 0. The van der Waals surface area contributed by atoms with Crippen LogP contribution >= 0.6 is 11.8 Å². The molecule has 6 nitrogen and oxygen atoms in total. The largest absolute Gasteiger partial charge is 0.493 e. The van der Waals surface area contributed by atoms with Crippen LogP contribution in [0.3, 0.4) is 0 Å². The average molecular weight is 372 g/mol. The van der Waals surface area contributed by atoms with Crippen LogP contribution in [0.15, 0.2) is 42.6 Å². The van der Waals surface area contributed by atoms with E-state index in [1.807, 2.05) is 43.3 Å². The van der Waals surface area contributed by atoms with Crippen LogP contribution in [0, 0.1) is 6.92 Å². The summed E-state index contributed by atoms with van der Waals surface area (Å²) in [6.45, 7) is 2.24. The van der Waals surface area contributed by atoms with Crippen molar-refractivity contribution < 1.29 is 19.4 Å². The van der Waals surface area contributed by atoms with Crippen molar-refractivity contribution >= 4 is 22.9 Å². The van der Waals surface area contributed by atoms with Gasteiger partial charge in [-0.1, -0.05) is 30.0 Å². The number of hydrogen-bond acceptors (Lipinski definition) is 6. The number of nitrogens with one attached hydrogen (secondary N) is 1. The smallest absolute Gasteiger partial charge is 0.286 e. The number of aromatic nitrogens is 1. The number of pyridine rings is 1. The maximum absolute atomic E-state index is 11.6. The summed E-state index contributed by atoms with van der Waals surface area (Å²) in [5, 5.41) is 11.3. The van der Waals surface area contributed by atoms with E-state index in [1.165, 1.54) is 0 Å². The molecule has 1 aliphatic heterocycles. The standard InChI is InChI=1S/C19H20N2O4S/c1-12-3-2-8-20-17(12)14(10-22)11-25-15-6-4-13(5-7-15)9-16-18(23)21-19(24)26-16/h2-8,14,16,22H,9-11H2,1H3,(H,21,23,24). The van der Waals surface area contributed by atoms with Crippen LogP contribution in [-0.4, -0.2) is 39.7 Å². The van der Waals surface area contributed by atoms with E-state index in [0.717, 1.165) is 28.6 Å². The van der Waals surface area contributed by atoms with E-state index >= 15 is 0 Å². The quantitative estimate of drug-likeness (QED) is 0.776. The van der Waals surface area contributed by atoms with E-state index in [9.17, 15) is 14.7 Å². The van der Waals surface area contributed by atoms with Gasteiger partial charge in [-0.2, -0.15) is 0 Å². The highest BCUT2D eigenvalue weighted by Crippen LogP contribution is 2.24. The Morgan fingerprint density at radius 3 is 2.65 bits per heavy atom. The Balaban J connectivity index is 1.58. The second-order valence-corrected chi connectivity index (χ2v) is 7.30. The maximum atomic E-state index is 11.6. The minimum absolute atomic E-state index is 0.0437. The molecule has 2 unspecified atom stereocenters. The number of ether oxygens (including phenoxy) is 1. The topological polar surface area (TPSA) is 88.5 Å². The fourth-order valence-electron chi connectivity index (χ4n) is 2.80. The van der Waals surface area contributed by atoms with Crippen molar-refractivity contribution in [2.24, 2.45) is 0 Å². The van der Waals surface area contributed by atoms with Gasteiger partial charge < -0.3 is 9.84 Å². The first-order valence-electron chi connectivity index (χ1n) is 8.32. The Hall–Kier alpha value is -2.38. The molecule has 0 radical (unpaired) electrons. The molecule has 1 aromatic heterocycles. The molecule has 3 rings (SSSR count). The Labute approximate surface area is 156 Å². The Bertz CT molecular complexity index is 794. The average Bonchev–Trinajstić information content (AvgIpc) is 2.95. The molecule has 1 aliphatic rings. The Kier molecular flexibility index (Phi) is 5.90. The highest BCUT2D eigenvalue weighted by molar-refractivity contribution is 8.15. The van der Waals surface area contributed by atoms with Gasteiger partial charge in [0, 0.05) is 6.20 Å². The molecule has 2 N–H and O–H groups in total. The molecule has 2 amide bonds. The number of aryl methyl sites for hydroxylation is 1. The fourth-order valence-corrected chi connectivity index (χ4v) is 3.66. The van der Waals surface area contributed by atoms with E-state index in [1.54, 1.807) is 6.20 Å². The third-order valence-electron chi connectivity index (χ3n) is 4.22. The van der Waals surface area contributed by atoms with Crippen molar-refractivity contribution in [1.29, 1.82) is 0 Å². The molecule has 1 saturated heterocycles. The number of benzene rings is 1. The van der Waals surface area contributed by atoms with Crippen molar-refractivity contribution in [2.75, 3.05) is 13.2 Å².